The molecule has 0 spiro atoms. The van der Waals surface area contributed by atoms with Gasteiger partial charge in [-0.15, -0.1) is 21.5 Å². The molecule has 190 valence electrons. The summed E-state index contributed by atoms with van der Waals surface area (Å²) in [5, 5.41) is 13.1. The van der Waals surface area contributed by atoms with Crippen LogP contribution in [0.3, 0.4) is 0 Å². The molecule has 6 nitrogen and oxygen atoms in total. The van der Waals surface area contributed by atoms with Gasteiger partial charge in [0.1, 0.15) is 10.7 Å². The molecule has 1 aliphatic rings. The Morgan fingerprint density at radius 1 is 1.00 bits per heavy atom. The zero-order valence-corrected chi connectivity index (χ0v) is 23.1. The minimum Gasteiger partial charge on any atom is -0.333 e. The first-order chi connectivity index (χ1) is 18.6. The number of amides is 1. The van der Waals surface area contributed by atoms with E-state index in [1.807, 2.05) is 57.3 Å². The van der Waals surface area contributed by atoms with E-state index >= 15 is 0 Å². The van der Waals surface area contributed by atoms with Gasteiger partial charge in [-0.2, -0.15) is 0 Å². The van der Waals surface area contributed by atoms with Gasteiger partial charge in [-0.3, -0.25) is 9.36 Å². The molecule has 0 N–H and O–H groups in total. The Bertz CT molecular complexity index is 1630. The molecule has 1 amide bonds. The van der Waals surface area contributed by atoms with Crippen molar-refractivity contribution in [3.63, 3.8) is 0 Å². The Hall–Kier alpha value is -3.46. The van der Waals surface area contributed by atoms with Gasteiger partial charge < -0.3 is 4.90 Å². The van der Waals surface area contributed by atoms with E-state index in [2.05, 4.69) is 52.4 Å². The van der Waals surface area contributed by atoms with E-state index in [4.69, 9.17) is 11.6 Å². The summed E-state index contributed by atoms with van der Waals surface area (Å²) in [7, 11) is 0. The molecule has 0 saturated heterocycles. The van der Waals surface area contributed by atoms with Crippen LogP contribution in [-0.4, -0.2) is 37.1 Å². The smallest absolute Gasteiger partial charge is 0.273 e. The van der Waals surface area contributed by atoms with Gasteiger partial charge in [-0.1, -0.05) is 78.0 Å². The van der Waals surface area contributed by atoms with Crippen LogP contribution in [0.4, 0.5) is 0 Å². The van der Waals surface area contributed by atoms with Crippen LogP contribution in [0, 0.1) is 6.92 Å². The molecule has 5 aromatic rings. The van der Waals surface area contributed by atoms with Gasteiger partial charge in [0, 0.05) is 24.0 Å². The maximum Gasteiger partial charge on any atom is 0.273 e. The zero-order valence-electron chi connectivity index (χ0n) is 20.7. The van der Waals surface area contributed by atoms with E-state index in [-0.39, 0.29) is 5.91 Å². The number of aromatic nitrogens is 4. The third-order valence-corrected chi connectivity index (χ3v) is 8.92. The standard InChI is InChI=1S/C29H24ClN5OS2/c1-19-8-2-7-13-25(19)35-27(22-11-5-6-12-23(22)30)32-33-29(35)38-18-26-31-24(17-37-26)28(36)34-15-14-20-9-3-4-10-21(20)16-34/h2-13,17H,14-16,18H2,1H3. The molecule has 9 heteroatoms. The fraction of sp³-hybridized carbons (Fsp3) is 0.172. The molecule has 0 fully saturated rings. The normalized spacial score (nSPS) is 12.9. The lowest BCUT2D eigenvalue weighted by atomic mass is 10.00. The van der Waals surface area contributed by atoms with Crippen LogP contribution in [0.2, 0.25) is 5.02 Å². The predicted molar refractivity (Wildman–Crippen MR) is 153 cm³/mol. The largest absolute Gasteiger partial charge is 0.333 e. The molecule has 0 unspecified atom stereocenters. The molecule has 0 saturated carbocycles. The lowest BCUT2D eigenvalue weighted by molar-refractivity contribution is 0.0729. The third-order valence-electron chi connectivity index (χ3n) is 6.62. The highest BCUT2D eigenvalue weighted by Gasteiger charge is 2.24. The molecule has 3 aromatic carbocycles. The number of benzene rings is 3. The highest BCUT2D eigenvalue weighted by atomic mass is 35.5. The summed E-state index contributed by atoms with van der Waals surface area (Å²) >= 11 is 9.58. The fourth-order valence-corrected chi connectivity index (χ4v) is 6.60. The van der Waals surface area contributed by atoms with Crippen molar-refractivity contribution >= 4 is 40.6 Å². The maximum atomic E-state index is 13.2. The average Bonchev–Trinajstić information content (AvgIpc) is 3.59. The van der Waals surface area contributed by atoms with Crippen molar-refractivity contribution in [1.82, 2.24) is 24.6 Å². The number of nitrogens with zero attached hydrogens (tertiary/aromatic N) is 5. The topological polar surface area (TPSA) is 63.9 Å². The van der Waals surface area contributed by atoms with E-state index in [9.17, 15) is 4.79 Å². The van der Waals surface area contributed by atoms with Crippen LogP contribution >= 0.6 is 34.7 Å². The average molecular weight is 558 g/mol. The van der Waals surface area contributed by atoms with Crippen molar-refractivity contribution in [3.8, 4) is 17.1 Å². The molecule has 0 aliphatic carbocycles. The van der Waals surface area contributed by atoms with Gasteiger partial charge in [0.15, 0.2) is 11.0 Å². The molecule has 38 heavy (non-hydrogen) atoms. The number of hydrogen-bond donors (Lipinski definition) is 0. The molecular formula is C29H24ClN5OS2. The second-order valence-electron chi connectivity index (χ2n) is 9.07. The second-order valence-corrected chi connectivity index (χ2v) is 11.4. The quantitative estimate of drug-likeness (QED) is 0.214. The highest BCUT2D eigenvalue weighted by molar-refractivity contribution is 7.98. The molecule has 0 atom stereocenters. The Morgan fingerprint density at radius 3 is 2.61 bits per heavy atom. The Morgan fingerprint density at radius 2 is 1.76 bits per heavy atom. The second kappa shape index (κ2) is 10.7. The lowest BCUT2D eigenvalue weighted by Crippen LogP contribution is -2.36. The number of thiazole rings is 1. The Kier molecular flexibility index (Phi) is 7.02. The molecule has 0 bridgehead atoms. The minimum absolute atomic E-state index is 0.0175. The summed E-state index contributed by atoms with van der Waals surface area (Å²) in [6.45, 7) is 3.40. The van der Waals surface area contributed by atoms with Crippen LogP contribution in [0.25, 0.3) is 17.1 Å². The summed E-state index contributed by atoms with van der Waals surface area (Å²) in [6, 6.07) is 24.1. The van der Waals surface area contributed by atoms with Gasteiger partial charge in [0.2, 0.25) is 0 Å². The summed E-state index contributed by atoms with van der Waals surface area (Å²) in [5.74, 6) is 1.25. The molecule has 0 radical (unpaired) electrons. The number of carbonyl (C=O) groups is 1. The molecule has 2 aromatic heterocycles. The number of hydrogen-bond acceptors (Lipinski definition) is 6. The lowest BCUT2D eigenvalue weighted by Gasteiger charge is -2.28. The minimum atomic E-state index is -0.0175. The van der Waals surface area contributed by atoms with Crippen molar-refractivity contribution < 1.29 is 4.79 Å². The monoisotopic (exact) mass is 557 g/mol. The van der Waals surface area contributed by atoms with Crippen molar-refractivity contribution in [2.24, 2.45) is 0 Å². The summed E-state index contributed by atoms with van der Waals surface area (Å²) < 4.78 is 2.05. The molecular weight excluding hydrogens is 534 g/mol. The van der Waals surface area contributed by atoms with Gasteiger partial charge >= 0.3 is 0 Å². The first-order valence-corrected chi connectivity index (χ1v) is 14.5. The van der Waals surface area contributed by atoms with Crippen molar-refractivity contribution in [2.45, 2.75) is 30.8 Å². The number of para-hydroxylation sites is 1. The van der Waals surface area contributed by atoms with Crippen LogP contribution in [0.1, 0.15) is 32.2 Å². The van der Waals surface area contributed by atoms with Crippen molar-refractivity contribution in [1.29, 1.82) is 0 Å². The fourth-order valence-electron chi connectivity index (χ4n) is 4.64. The van der Waals surface area contributed by atoms with Crippen LogP contribution in [0.5, 0.6) is 0 Å². The van der Waals surface area contributed by atoms with E-state index in [0.29, 0.717) is 35.4 Å². The van der Waals surface area contributed by atoms with Gasteiger partial charge in [0.05, 0.1) is 16.5 Å². The number of carbonyl (C=O) groups excluding carboxylic acids is 1. The van der Waals surface area contributed by atoms with Crippen LogP contribution < -0.4 is 0 Å². The van der Waals surface area contributed by atoms with Crippen molar-refractivity contribution in [2.75, 3.05) is 6.54 Å². The van der Waals surface area contributed by atoms with E-state index in [0.717, 1.165) is 33.4 Å². The predicted octanol–water partition coefficient (Wildman–Crippen LogP) is 6.84. The van der Waals surface area contributed by atoms with Gasteiger partial charge in [-0.25, -0.2) is 4.98 Å². The Balaban J connectivity index is 1.23. The number of fused-ring (bicyclic) bond motifs is 1. The SMILES string of the molecule is Cc1ccccc1-n1c(SCc2nc(C(=O)N3CCc4ccccc4C3)cs2)nnc1-c1ccccc1Cl. The number of thioether (sulfide) groups is 1. The first-order valence-electron chi connectivity index (χ1n) is 12.3. The van der Waals surface area contributed by atoms with Crippen molar-refractivity contribution in [3.05, 3.63) is 111 Å². The molecule has 6 rings (SSSR count). The van der Waals surface area contributed by atoms with Crippen LogP contribution in [-0.2, 0) is 18.7 Å². The Labute approximate surface area is 234 Å². The molecule has 3 heterocycles. The number of rotatable bonds is 6. The van der Waals surface area contributed by atoms with E-state index in [1.54, 1.807) is 11.8 Å². The third kappa shape index (κ3) is 4.87. The highest BCUT2D eigenvalue weighted by Crippen LogP contribution is 2.34. The zero-order chi connectivity index (χ0) is 26.1. The summed E-state index contributed by atoms with van der Waals surface area (Å²) in [4.78, 5) is 19.8. The van der Waals surface area contributed by atoms with Gasteiger partial charge in [-0.05, 0) is 48.2 Å². The summed E-state index contributed by atoms with van der Waals surface area (Å²) in [6.07, 6.45) is 0.872. The van der Waals surface area contributed by atoms with E-state index in [1.165, 1.54) is 22.5 Å². The van der Waals surface area contributed by atoms with E-state index < -0.39 is 0 Å². The number of halogens is 1. The maximum absolute atomic E-state index is 13.2. The first kappa shape index (κ1) is 24.9. The molecule has 1 aliphatic heterocycles. The van der Waals surface area contributed by atoms with Crippen LogP contribution in [0.15, 0.2) is 83.3 Å². The number of aryl methyl sites for hydroxylation is 1. The van der Waals surface area contributed by atoms with Gasteiger partial charge in [0.25, 0.3) is 5.91 Å². The summed E-state index contributed by atoms with van der Waals surface area (Å²) in [5.41, 5.74) is 5.95.